The highest BCUT2D eigenvalue weighted by molar-refractivity contribution is 6.31. The van der Waals surface area contributed by atoms with Crippen LogP contribution in [0.3, 0.4) is 0 Å². The number of anilines is 1. The van der Waals surface area contributed by atoms with Crippen LogP contribution in [-0.2, 0) is 0 Å². The van der Waals surface area contributed by atoms with E-state index in [4.69, 9.17) is 23.2 Å². The van der Waals surface area contributed by atoms with E-state index in [2.05, 4.69) is 10.3 Å². The first-order valence-electron chi connectivity index (χ1n) is 5.25. The van der Waals surface area contributed by atoms with Crippen LogP contribution < -0.4 is 5.32 Å². The second kappa shape index (κ2) is 5.38. The molecule has 1 N–H and O–H groups in total. The average Bonchev–Trinajstić information content (AvgIpc) is 2.34. The Labute approximate surface area is 115 Å². The summed E-state index contributed by atoms with van der Waals surface area (Å²) in [7, 11) is 0. The molecule has 1 aromatic heterocycles. The van der Waals surface area contributed by atoms with Gasteiger partial charge in [0.1, 0.15) is 5.15 Å². The number of hydrogen-bond acceptors (Lipinski definition) is 2. The van der Waals surface area contributed by atoms with Gasteiger partial charge in [0.25, 0.3) is 5.91 Å². The molecule has 18 heavy (non-hydrogen) atoms. The Balaban J connectivity index is 2.21. The predicted molar refractivity (Wildman–Crippen MR) is 73.4 cm³/mol. The van der Waals surface area contributed by atoms with E-state index in [-0.39, 0.29) is 5.91 Å². The minimum atomic E-state index is -0.246. The van der Waals surface area contributed by atoms with Crippen LogP contribution in [0.25, 0.3) is 0 Å². The molecule has 0 radical (unpaired) electrons. The molecule has 1 amide bonds. The van der Waals surface area contributed by atoms with Gasteiger partial charge in [0, 0.05) is 16.9 Å². The third-order valence-electron chi connectivity index (χ3n) is 2.44. The number of nitrogens with one attached hydrogen (secondary N) is 1. The number of nitrogens with zero attached hydrogens (tertiary/aromatic N) is 1. The molecule has 0 saturated carbocycles. The molecule has 1 heterocycles. The lowest BCUT2D eigenvalue weighted by molar-refractivity contribution is 0.102. The molecule has 5 heteroatoms. The van der Waals surface area contributed by atoms with Crippen LogP contribution >= 0.6 is 23.2 Å². The molecule has 0 aliphatic carbocycles. The van der Waals surface area contributed by atoms with Gasteiger partial charge in [0.05, 0.1) is 5.56 Å². The highest BCUT2D eigenvalue weighted by Gasteiger charge is 2.08. The van der Waals surface area contributed by atoms with Gasteiger partial charge in [0.15, 0.2) is 0 Å². The zero-order chi connectivity index (χ0) is 13.1. The summed E-state index contributed by atoms with van der Waals surface area (Å²) in [5.74, 6) is -0.246. The summed E-state index contributed by atoms with van der Waals surface area (Å²) in [4.78, 5) is 15.8. The first kappa shape index (κ1) is 12.9. The van der Waals surface area contributed by atoms with Crippen LogP contribution in [0, 0.1) is 6.92 Å². The van der Waals surface area contributed by atoms with E-state index in [1.165, 1.54) is 6.20 Å². The van der Waals surface area contributed by atoms with E-state index < -0.39 is 0 Å². The fourth-order valence-corrected chi connectivity index (χ4v) is 1.72. The molecule has 0 aliphatic rings. The van der Waals surface area contributed by atoms with Crippen molar-refractivity contribution in [2.45, 2.75) is 6.92 Å². The quantitative estimate of drug-likeness (QED) is 0.847. The highest BCUT2D eigenvalue weighted by Crippen LogP contribution is 2.20. The van der Waals surface area contributed by atoms with Gasteiger partial charge < -0.3 is 5.32 Å². The van der Waals surface area contributed by atoms with Gasteiger partial charge in [0.2, 0.25) is 0 Å². The standard InChI is InChI=1S/C13H10Cl2N2O/c1-8-2-4-10(14)6-11(8)17-13(18)9-3-5-12(15)16-7-9/h2-7H,1H3,(H,17,18). The molecule has 2 aromatic rings. The van der Waals surface area contributed by atoms with Crippen LogP contribution in [0.15, 0.2) is 36.5 Å². The van der Waals surface area contributed by atoms with Gasteiger partial charge in [-0.05, 0) is 36.8 Å². The molecule has 3 nitrogen and oxygen atoms in total. The van der Waals surface area contributed by atoms with Crippen molar-refractivity contribution in [3.8, 4) is 0 Å². The third kappa shape index (κ3) is 3.00. The maximum absolute atomic E-state index is 12.0. The molecule has 92 valence electrons. The van der Waals surface area contributed by atoms with Gasteiger partial charge in [-0.1, -0.05) is 29.3 Å². The zero-order valence-electron chi connectivity index (χ0n) is 9.58. The largest absolute Gasteiger partial charge is 0.322 e. The lowest BCUT2D eigenvalue weighted by atomic mass is 10.2. The van der Waals surface area contributed by atoms with Crippen LogP contribution in [0.1, 0.15) is 15.9 Å². The van der Waals surface area contributed by atoms with Gasteiger partial charge in [-0.3, -0.25) is 4.79 Å². The van der Waals surface area contributed by atoms with Crippen molar-refractivity contribution >= 4 is 34.8 Å². The topological polar surface area (TPSA) is 42.0 Å². The lowest BCUT2D eigenvalue weighted by Gasteiger charge is -2.08. The fourth-order valence-electron chi connectivity index (χ4n) is 1.43. The van der Waals surface area contributed by atoms with Gasteiger partial charge in [-0.25, -0.2) is 4.98 Å². The van der Waals surface area contributed by atoms with E-state index in [0.29, 0.717) is 21.4 Å². The minimum absolute atomic E-state index is 0.246. The number of pyridine rings is 1. The number of rotatable bonds is 2. The van der Waals surface area contributed by atoms with E-state index in [9.17, 15) is 4.79 Å². The maximum Gasteiger partial charge on any atom is 0.257 e. The summed E-state index contributed by atoms with van der Waals surface area (Å²) in [6.45, 7) is 1.89. The summed E-state index contributed by atoms with van der Waals surface area (Å²) in [6.07, 6.45) is 1.43. The Morgan fingerprint density at radius 3 is 2.67 bits per heavy atom. The molecule has 1 aromatic carbocycles. The predicted octanol–water partition coefficient (Wildman–Crippen LogP) is 3.95. The number of hydrogen-bond donors (Lipinski definition) is 1. The molecule has 0 saturated heterocycles. The van der Waals surface area contributed by atoms with Crippen molar-refractivity contribution in [1.82, 2.24) is 4.98 Å². The molecule has 0 spiro atoms. The number of aryl methyl sites for hydroxylation is 1. The van der Waals surface area contributed by atoms with Crippen molar-refractivity contribution in [1.29, 1.82) is 0 Å². The van der Waals surface area contributed by atoms with Crippen molar-refractivity contribution in [3.05, 3.63) is 57.8 Å². The van der Waals surface area contributed by atoms with Crippen molar-refractivity contribution in [2.24, 2.45) is 0 Å². The first-order valence-corrected chi connectivity index (χ1v) is 6.01. The van der Waals surface area contributed by atoms with Gasteiger partial charge in [-0.15, -0.1) is 0 Å². The molecular weight excluding hydrogens is 271 g/mol. The Morgan fingerprint density at radius 1 is 1.22 bits per heavy atom. The van der Waals surface area contributed by atoms with E-state index in [1.807, 2.05) is 13.0 Å². The lowest BCUT2D eigenvalue weighted by Crippen LogP contribution is -2.12. The number of benzene rings is 1. The Bertz CT molecular complexity index is 582. The van der Waals surface area contributed by atoms with Crippen LogP contribution in [-0.4, -0.2) is 10.9 Å². The summed E-state index contributed by atoms with van der Waals surface area (Å²) in [5, 5.41) is 3.71. The molecule has 0 atom stereocenters. The summed E-state index contributed by atoms with van der Waals surface area (Å²) >= 11 is 11.5. The highest BCUT2D eigenvalue weighted by atomic mass is 35.5. The van der Waals surface area contributed by atoms with Crippen molar-refractivity contribution < 1.29 is 4.79 Å². The van der Waals surface area contributed by atoms with Crippen LogP contribution in [0.2, 0.25) is 10.2 Å². The maximum atomic E-state index is 12.0. The van der Waals surface area contributed by atoms with Crippen LogP contribution in [0.5, 0.6) is 0 Å². The zero-order valence-corrected chi connectivity index (χ0v) is 11.1. The van der Waals surface area contributed by atoms with Gasteiger partial charge >= 0.3 is 0 Å². The molecule has 0 bridgehead atoms. The number of amides is 1. The normalized spacial score (nSPS) is 10.2. The number of aromatic nitrogens is 1. The van der Waals surface area contributed by atoms with Crippen LogP contribution in [0.4, 0.5) is 5.69 Å². The van der Waals surface area contributed by atoms with E-state index in [0.717, 1.165) is 5.56 Å². The first-order chi connectivity index (χ1) is 8.56. The SMILES string of the molecule is Cc1ccc(Cl)cc1NC(=O)c1ccc(Cl)nc1. The Morgan fingerprint density at radius 2 is 2.00 bits per heavy atom. The summed E-state index contributed by atoms with van der Waals surface area (Å²) in [6, 6.07) is 8.51. The number of halogens is 2. The molecule has 0 fully saturated rings. The van der Waals surface area contributed by atoms with Crippen molar-refractivity contribution in [2.75, 3.05) is 5.32 Å². The van der Waals surface area contributed by atoms with Crippen molar-refractivity contribution in [3.63, 3.8) is 0 Å². The van der Waals surface area contributed by atoms with E-state index in [1.54, 1.807) is 24.3 Å². The Kier molecular flexibility index (Phi) is 3.84. The molecule has 2 rings (SSSR count). The molecule has 0 unspecified atom stereocenters. The average molecular weight is 281 g/mol. The number of carbonyl (C=O) groups is 1. The second-order valence-corrected chi connectivity index (χ2v) is 4.61. The molecular formula is C13H10Cl2N2O. The monoisotopic (exact) mass is 280 g/mol. The third-order valence-corrected chi connectivity index (χ3v) is 2.90. The van der Waals surface area contributed by atoms with Gasteiger partial charge in [-0.2, -0.15) is 0 Å². The smallest absolute Gasteiger partial charge is 0.257 e. The number of carbonyl (C=O) groups excluding carboxylic acids is 1. The fraction of sp³-hybridized carbons (Fsp3) is 0.0769. The van der Waals surface area contributed by atoms with E-state index >= 15 is 0 Å². The summed E-state index contributed by atoms with van der Waals surface area (Å²) in [5.41, 5.74) is 2.07. The Hall–Kier alpha value is -1.58. The molecule has 0 aliphatic heterocycles. The summed E-state index contributed by atoms with van der Waals surface area (Å²) < 4.78 is 0. The second-order valence-electron chi connectivity index (χ2n) is 3.78. The minimum Gasteiger partial charge on any atom is -0.322 e.